The second-order valence-corrected chi connectivity index (χ2v) is 5.70. The molecule has 5 heteroatoms. The van der Waals surface area contributed by atoms with Gasteiger partial charge in [-0.1, -0.05) is 6.92 Å². The van der Waals surface area contributed by atoms with Crippen molar-refractivity contribution in [1.29, 1.82) is 0 Å². The highest BCUT2D eigenvalue weighted by Crippen LogP contribution is 2.19. The van der Waals surface area contributed by atoms with Gasteiger partial charge >= 0.3 is 0 Å². The van der Waals surface area contributed by atoms with Crippen LogP contribution in [0.1, 0.15) is 39.5 Å². The van der Waals surface area contributed by atoms with Crippen LogP contribution >= 0.6 is 0 Å². The maximum atomic E-state index is 5.05. The summed E-state index contributed by atoms with van der Waals surface area (Å²) in [6, 6.07) is 0. The monoisotopic (exact) mass is 298 g/mol. The van der Waals surface area contributed by atoms with Crippen LogP contribution in [-0.4, -0.2) is 63.8 Å². The molecule has 5 nitrogen and oxygen atoms in total. The van der Waals surface area contributed by atoms with Crippen LogP contribution in [0.5, 0.6) is 0 Å². The first-order chi connectivity index (χ1) is 10.3. The van der Waals surface area contributed by atoms with E-state index in [1.807, 2.05) is 0 Å². The summed E-state index contributed by atoms with van der Waals surface area (Å²) in [5.74, 6) is 1.82. The van der Waals surface area contributed by atoms with Crippen molar-refractivity contribution in [3.8, 4) is 0 Å². The molecule has 0 saturated carbocycles. The summed E-state index contributed by atoms with van der Waals surface area (Å²) in [7, 11) is 1.73. The Morgan fingerprint density at radius 2 is 2.00 bits per heavy atom. The minimum atomic E-state index is 0.777. The van der Waals surface area contributed by atoms with Gasteiger partial charge in [-0.2, -0.15) is 0 Å². The summed E-state index contributed by atoms with van der Waals surface area (Å²) in [5, 5.41) is 6.76. The molecular weight excluding hydrogens is 264 g/mol. The topological polar surface area (TPSA) is 48.9 Å². The normalized spacial score (nSPS) is 18.0. The average Bonchev–Trinajstić information content (AvgIpc) is 2.52. The Hall–Kier alpha value is -0.810. The zero-order chi connectivity index (χ0) is 15.3. The molecule has 0 radical (unpaired) electrons. The molecule has 1 heterocycles. The number of likely N-dealkylation sites (tertiary alicyclic amines) is 1. The molecule has 0 bridgehead atoms. The van der Waals surface area contributed by atoms with Gasteiger partial charge < -0.3 is 20.3 Å². The van der Waals surface area contributed by atoms with Crippen LogP contribution < -0.4 is 10.6 Å². The number of piperidine rings is 1. The van der Waals surface area contributed by atoms with Gasteiger partial charge in [0, 0.05) is 33.4 Å². The van der Waals surface area contributed by atoms with Crippen molar-refractivity contribution in [3.63, 3.8) is 0 Å². The quantitative estimate of drug-likeness (QED) is 0.386. The van der Waals surface area contributed by atoms with Gasteiger partial charge in [-0.3, -0.25) is 4.99 Å². The van der Waals surface area contributed by atoms with Gasteiger partial charge in [0.15, 0.2) is 5.96 Å². The molecular formula is C16H34N4O. The number of rotatable bonds is 9. The summed E-state index contributed by atoms with van der Waals surface area (Å²) in [6.45, 7) is 11.6. The van der Waals surface area contributed by atoms with Crippen LogP contribution in [0.15, 0.2) is 4.99 Å². The van der Waals surface area contributed by atoms with E-state index in [1.54, 1.807) is 7.11 Å². The second-order valence-electron chi connectivity index (χ2n) is 5.70. The van der Waals surface area contributed by atoms with Crippen molar-refractivity contribution in [2.75, 3.05) is 53.0 Å². The summed E-state index contributed by atoms with van der Waals surface area (Å²) < 4.78 is 5.05. The van der Waals surface area contributed by atoms with E-state index in [1.165, 1.54) is 38.9 Å². The maximum absolute atomic E-state index is 5.05. The van der Waals surface area contributed by atoms with E-state index in [-0.39, 0.29) is 0 Å². The third kappa shape index (κ3) is 8.27. The van der Waals surface area contributed by atoms with Crippen LogP contribution in [0.25, 0.3) is 0 Å². The number of ether oxygens (including phenoxy) is 1. The highest BCUT2D eigenvalue weighted by molar-refractivity contribution is 5.79. The van der Waals surface area contributed by atoms with E-state index >= 15 is 0 Å². The van der Waals surface area contributed by atoms with Crippen LogP contribution in [0.2, 0.25) is 0 Å². The van der Waals surface area contributed by atoms with E-state index in [4.69, 9.17) is 4.74 Å². The van der Waals surface area contributed by atoms with Gasteiger partial charge in [-0.05, 0) is 58.2 Å². The Labute approximate surface area is 130 Å². The zero-order valence-corrected chi connectivity index (χ0v) is 14.2. The minimum absolute atomic E-state index is 0.777. The Morgan fingerprint density at radius 3 is 2.62 bits per heavy atom. The van der Waals surface area contributed by atoms with Crippen LogP contribution in [0.3, 0.4) is 0 Å². The minimum Gasteiger partial charge on any atom is -0.385 e. The first-order valence-electron chi connectivity index (χ1n) is 8.53. The summed E-state index contributed by atoms with van der Waals surface area (Å²) in [6.07, 6.45) is 4.91. The molecule has 0 atom stereocenters. The van der Waals surface area contributed by atoms with Crippen LogP contribution in [0.4, 0.5) is 0 Å². The lowest BCUT2D eigenvalue weighted by atomic mass is 9.93. The number of hydrogen-bond acceptors (Lipinski definition) is 3. The number of nitrogens with one attached hydrogen (secondary N) is 2. The highest BCUT2D eigenvalue weighted by atomic mass is 16.5. The van der Waals surface area contributed by atoms with Gasteiger partial charge in [0.05, 0.1) is 0 Å². The van der Waals surface area contributed by atoms with Gasteiger partial charge in [0.25, 0.3) is 0 Å². The Bertz CT molecular complexity index is 275. The number of nitrogens with zero attached hydrogens (tertiary/aromatic N) is 2. The lowest BCUT2D eigenvalue weighted by molar-refractivity contribution is 0.187. The Kier molecular flexibility index (Phi) is 10.3. The van der Waals surface area contributed by atoms with Gasteiger partial charge in [0.2, 0.25) is 0 Å². The van der Waals surface area contributed by atoms with E-state index in [0.717, 1.165) is 44.5 Å². The number of hydrogen-bond donors (Lipinski definition) is 2. The molecule has 0 aliphatic carbocycles. The van der Waals surface area contributed by atoms with Crippen molar-refractivity contribution in [2.24, 2.45) is 10.9 Å². The summed E-state index contributed by atoms with van der Waals surface area (Å²) >= 11 is 0. The number of methoxy groups -OCH3 is 1. The van der Waals surface area contributed by atoms with Crippen molar-refractivity contribution in [1.82, 2.24) is 15.5 Å². The van der Waals surface area contributed by atoms with Gasteiger partial charge in [0.1, 0.15) is 0 Å². The fourth-order valence-electron chi connectivity index (χ4n) is 2.73. The lowest BCUT2D eigenvalue weighted by Crippen LogP contribution is -2.39. The maximum Gasteiger partial charge on any atom is 0.191 e. The van der Waals surface area contributed by atoms with E-state index in [0.29, 0.717) is 0 Å². The lowest BCUT2D eigenvalue weighted by Gasteiger charge is -2.31. The molecule has 21 heavy (non-hydrogen) atoms. The smallest absolute Gasteiger partial charge is 0.191 e. The molecule has 0 aromatic heterocycles. The Balaban J connectivity index is 2.17. The summed E-state index contributed by atoms with van der Waals surface area (Å²) in [4.78, 5) is 7.11. The fourth-order valence-corrected chi connectivity index (χ4v) is 2.73. The Morgan fingerprint density at radius 1 is 1.24 bits per heavy atom. The first-order valence-corrected chi connectivity index (χ1v) is 8.53. The largest absolute Gasteiger partial charge is 0.385 e. The fraction of sp³-hybridized carbons (Fsp3) is 0.938. The molecule has 0 amide bonds. The molecule has 1 fully saturated rings. The third-order valence-electron chi connectivity index (χ3n) is 4.12. The van der Waals surface area contributed by atoms with Crippen LogP contribution in [-0.2, 0) is 4.74 Å². The average molecular weight is 298 g/mol. The summed E-state index contributed by atoms with van der Waals surface area (Å²) in [5.41, 5.74) is 0. The molecule has 1 aliphatic rings. The van der Waals surface area contributed by atoms with Crippen molar-refractivity contribution < 1.29 is 4.74 Å². The number of guanidine groups is 1. The van der Waals surface area contributed by atoms with E-state index < -0.39 is 0 Å². The molecule has 124 valence electrons. The number of aliphatic imine (C=N–C) groups is 1. The van der Waals surface area contributed by atoms with Crippen molar-refractivity contribution >= 4 is 5.96 Å². The van der Waals surface area contributed by atoms with Crippen molar-refractivity contribution in [3.05, 3.63) is 0 Å². The van der Waals surface area contributed by atoms with Crippen LogP contribution in [0, 0.1) is 5.92 Å². The molecule has 1 rings (SSSR count). The SMILES string of the molecule is CCNC(=NCCCOC)NCCC1CCN(CC)CC1. The third-order valence-corrected chi connectivity index (χ3v) is 4.12. The van der Waals surface area contributed by atoms with Gasteiger partial charge in [-0.25, -0.2) is 0 Å². The molecule has 2 N–H and O–H groups in total. The van der Waals surface area contributed by atoms with Gasteiger partial charge in [-0.15, -0.1) is 0 Å². The van der Waals surface area contributed by atoms with E-state index in [2.05, 4.69) is 34.4 Å². The molecule has 1 saturated heterocycles. The molecule has 1 aliphatic heterocycles. The molecule has 0 aromatic rings. The second kappa shape index (κ2) is 11.8. The first kappa shape index (κ1) is 18.2. The predicted molar refractivity (Wildman–Crippen MR) is 89.9 cm³/mol. The molecule has 0 aromatic carbocycles. The predicted octanol–water partition coefficient (Wildman–Crippen LogP) is 1.70. The molecule has 0 unspecified atom stereocenters. The van der Waals surface area contributed by atoms with Crippen molar-refractivity contribution in [2.45, 2.75) is 39.5 Å². The highest BCUT2D eigenvalue weighted by Gasteiger charge is 2.17. The standard InChI is InChI=1S/C16H34N4O/c1-4-17-16(18-10-6-14-21-3)19-11-7-15-8-12-20(5-2)13-9-15/h15H,4-14H2,1-3H3,(H2,17,18,19). The molecule has 0 spiro atoms. The van der Waals surface area contributed by atoms with E-state index in [9.17, 15) is 0 Å². The zero-order valence-electron chi connectivity index (χ0n) is 14.2.